The molecule has 0 spiro atoms. The van der Waals surface area contributed by atoms with E-state index in [2.05, 4.69) is 4.90 Å². The highest BCUT2D eigenvalue weighted by molar-refractivity contribution is 6.35. The van der Waals surface area contributed by atoms with Gasteiger partial charge in [0.05, 0.1) is 19.4 Å². The molecule has 0 N–H and O–H groups in total. The van der Waals surface area contributed by atoms with Gasteiger partial charge >= 0.3 is 5.69 Å². The number of carbonyl (C=O) groups is 1. The second-order valence-corrected chi connectivity index (χ2v) is 9.62. The standard InChI is InChI=1S/C24H24Cl2N6O4/c1-28-21-20(23(34)29(2)24(28)35)32(13-15-5-6-16(25)12-17(15)26)19(27-21)14-30-7-9-31(10-8-30)22(33)18-4-3-11-36-18/h3-6,11-12H,7-10,13-14H2,1-2H3. The van der Waals surface area contributed by atoms with E-state index in [1.807, 2.05) is 10.6 Å². The van der Waals surface area contributed by atoms with Crippen LogP contribution in [0.3, 0.4) is 0 Å². The molecule has 188 valence electrons. The summed E-state index contributed by atoms with van der Waals surface area (Å²) >= 11 is 12.5. The molecule has 0 atom stereocenters. The van der Waals surface area contributed by atoms with Crippen LogP contribution in [0.2, 0.25) is 10.0 Å². The smallest absolute Gasteiger partial charge is 0.332 e. The van der Waals surface area contributed by atoms with E-state index in [9.17, 15) is 14.4 Å². The third-order valence-corrected chi connectivity index (χ3v) is 7.11. The highest BCUT2D eigenvalue weighted by Crippen LogP contribution is 2.24. The summed E-state index contributed by atoms with van der Waals surface area (Å²) in [5, 5.41) is 0.988. The van der Waals surface area contributed by atoms with Gasteiger partial charge in [-0.2, -0.15) is 0 Å². The minimum Gasteiger partial charge on any atom is -0.459 e. The Bertz CT molecular complexity index is 1560. The van der Waals surface area contributed by atoms with E-state index in [1.165, 1.54) is 17.9 Å². The van der Waals surface area contributed by atoms with Crippen molar-refractivity contribution in [2.75, 3.05) is 26.2 Å². The van der Waals surface area contributed by atoms with Crippen LogP contribution in [0, 0.1) is 0 Å². The fourth-order valence-electron chi connectivity index (χ4n) is 4.47. The summed E-state index contributed by atoms with van der Waals surface area (Å²) in [6, 6.07) is 8.55. The highest BCUT2D eigenvalue weighted by atomic mass is 35.5. The number of amides is 1. The first kappa shape index (κ1) is 24.4. The first-order valence-electron chi connectivity index (χ1n) is 11.4. The average molecular weight is 531 g/mol. The number of benzene rings is 1. The molecule has 10 nitrogen and oxygen atoms in total. The molecule has 1 aliphatic heterocycles. The summed E-state index contributed by atoms with van der Waals surface area (Å²) in [7, 11) is 3.05. The van der Waals surface area contributed by atoms with Crippen LogP contribution in [-0.2, 0) is 27.2 Å². The summed E-state index contributed by atoms with van der Waals surface area (Å²) in [5.74, 6) is 0.810. The molecular weight excluding hydrogens is 507 g/mol. The van der Waals surface area contributed by atoms with Crippen molar-refractivity contribution >= 4 is 40.3 Å². The molecule has 36 heavy (non-hydrogen) atoms. The molecular formula is C24H24Cl2N6O4. The van der Waals surface area contributed by atoms with Crippen molar-refractivity contribution < 1.29 is 9.21 Å². The largest absolute Gasteiger partial charge is 0.459 e. The zero-order chi connectivity index (χ0) is 25.6. The molecule has 0 radical (unpaired) electrons. The number of fused-ring (bicyclic) bond motifs is 1. The minimum absolute atomic E-state index is 0.136. The Morgan fingerprint density at radius 3 is 2.44 bits per heavy atom. The van der Waals surface area contributed by atoms with Gasteiger partial charge in [0.1, 0.15) is 5.82 Å². The fourth-order valence-corrected chi connectivity index (χ4v) is 4.94. The van der Waals surface area contributed by atoms with Crippen molar-refractivity contribution in [3.8, 4) is 0 Å². The lowest BCUT2D eigenvalue weighted by Gasteiger charge is -2.34. The number of piperazine rings is 1. The van der Waals surface area contributed by atoms with Crippen molar-refractivity contribution in [1.82, 2.24) is 28.5 Å². The lowest BCUT2D eigenvalue weighted by Crippen LogP contribution is -2.48. The Hall–Kier alpha value is -3.34. The third-order valence-electron chi connectivity index (χ3n) is 6.53. The molecule has 1 saturated heterocycles. The molecule has 1 fully saturated rings. The molecule has 1 aromatic carbocycles. The number of aromatic nitrogens is 4. The molecule has 5 rings (SSSR count). The van der Waals surface area contributed by atoms with Gasteiger partial charge in [0.25, 0.3) is 11.5 Å². The average Bonchev–Trinajstić information content (AvgIpc) is 3.52. The normalized spacial score (nSPS) is 14.6. The van der Waals surface area contributed by atoms with Crippen LogP contribution in [0.15, 0.2) is 50.6 Å². The molecule has 4 aromatic rings. The summed E-state index contributed by atoms with van der Waals surface area (Å²) < 4.78 is 9.50. The molecule has 1 aliphatic rings. The van der Waals surface area contributed by atoms with Gasteiger partial charge < -0.3 is 13.9 Å². The van der Waals surface area contributed by atoms with Crippen molar-refractivity contribution in [3.63, 3.8) is 0 Å². The van der Waals surface area contributed by atoms with Crippen molar-refractivity contribution in [1.29, 1.82) is 0 Å². The Morgan fingerprint density at radius 2 is 1.78 bits per heavy atom. The maximum Gasteiger partial charge on any atom is 0.332 e. The fraction of sp³-hybridized carbons (Fsp3) is 0.333. The third kappa shape index (κ3) is 4.36. The molecule has 0 unspecified atom stereocenters. The van der Waals surface area contributed by atoms with Crippen molar-refractivity contribution in [3.05, 3.63) is 84.6 Å². The van der Waals surface area contributed by atoms with E-state index in [0.29, 0.717) is 65.5 Å². The number of nitrogens with zero attached hydrogens (tertiary/aromatic N) is 6. The summed E-state index contributed by atoms with van der Waals surface area (Å²) in [6.07, 6.45) is 1.48. The molecule has 0 bridgehead atoms. The number of aryl methyl sites for hydroxylation is 1. The summed E-state index contributed by atoms with van der Waals surface area (Å²) in [6.45, 7) is 3.01. The molecule has 3 aromatic heterocycles. The maximum absolute atomic E-state index is 13.2. The van der Waals surface area contributed by atoms with Crippen LogP contribution in [0.5, 0.6) is 0 Å². The first-order valence-corrected chi connectivity index (χ1v) is 12.1. The number of furan rings is 1. The van der Waals surface area contributed by atoms with Crippen LogP contribution in [0.25, 0.3) is 11.2 Å². The Balaban J connectivity index is 1.47. The van der Waals surface area contributed by atoms with Gasteiger partial charge in [0, 0.05) is 50.3 Å². The number of carbonyl (C=O) groups excluding carboxylic acids is 1. The number of hydrogen-bond acceptors (Lipinski definition) is 6. The minimum atomic E-state index is -0.446. The van der Waals surface area contributed by atoms with Crippen LogP contribution in [0.4, 0.5) is 0 Å². The molecule has 4 heterocycles. The van der Waals surface area contributed by atoms with Gasteiger partial charge in [-0.3, -0.25) is 23.6 Å². The second-order valence-electron chi connectivity index (χ2n) is 8.77. The maximum atomic E-state index is 13.2. The van der Waals surface area contributed by atoms with E-state index in [4.69, 9.17) is 32.6 Å². The van der Waals surface area contributed by atoms with Gasteiger partial charge in [-0.15, -0.1) is 0 Å². The predicted molar refractivity (Wildman–Crippen MR) is 136 cm³/mol. The van der Waals surface area contributed by atoms with Gasteiger partial charge in [-0.05, 0) is 29.8 Å². The zero-order valence-electron chi connectivity index (χ0n) is 19.8. The van der Waals surface area contributed by atoms with E-state index < -0.39 is 11.2 Å². The Morgan fingerprint density at radius 1 is 1.03 bits per heavy atom. The van der Waals surface area contributed by atoms with Gasteiger partial charge in [0.15, 0.2) is 16.9 Å². The van der Waals surface area contributed by atoms with Crippen LogP contribution in [-0.4, -0.2) is 60.6 Å². The SMILES string of the molecule is Cn1c(=O)c2c(nc(CN3CCN(C(=O)c4ccco4)CC3)n2Cc2ccc(Cl)cc2Cl)n(C)c1=O. The topological polar surface area (TPSA) is 98.5 Å². The molecule has 12 heteroatoms. The van der Waals surface area contributed by atoms with E-state index in [0.717, 1.165) is 10.1 Å². The van der Waals surface area contributed by atoms with E-state index >= 15 is 0 Å². The zero-order valence-corrected chi connectivity index (χ0v) is 21.3. The van der Waals surface area contributed by atoms with Crippen LogP contribution >= 0.6 is 23.2 Å². The van der Waals surface area contributed by atoms with E-state index in [1.54, 1.807) is 36.2 Å². The molecule has 0 aliphatic carbocycles. The second kappa shape index (κ2) is 9.61. The lowest BCUT2D eigenvalue weighted by molar-refractivity contribution is 0.0594. The Kier molecular flexibility index (Phi) is 6.50. The highest BCUT2D eigenvalue weighted by Gasteiger charge is 2.26. The van der Waals surface area contributed by atoms with Crippen molar-refractivity contribution in [2.45, 2.75) is 13.1 Å². The van der Waals surface area contributed by atoms with Gasteiger partial charge in [-0.1, -0.05) is 29.3 Å². The lowest BCUT2D eigenvalue weighted by atomic mass is 10.2. The summed E-state index contributed by atoms with van der Waals surface area (Å²) in [4.78, 5) is 46.9. The number of halogens is 2. The van der Waals surface area contributed by atoms with Gasteiger partial charge in [-0.25, -0.2) is 9.78 Å². The van der Waals surface area contributed by atoms with Crippen molar-refractivity contribution in [2.24, 2.45) is 14.1 Å². The molecule has 1 amide bonds. The van der Waals surface area contributed by atoms with Crippen LogP contribution in [0.1, 0.15) is 21.9 Å². The number of hydrogen-bond donors (Lipinski definition) is 0. The number of imidazole rings is 1. The number of rotatable bonds is 5. The Labute approximate surface area is 215 Å². The predicted octanol–water partition coefficient (Wildman–Crippen LogP) is 2.34. The monoisotopic (exact) mass is 530 g/mol. The van der Waals surface area contributed by atoms with Gasteiger partial charge in [0.2, 0.25) is 0 Å². The van der Waals surface area contributed by atoms with E-state index in [-0.39, 0.29) is 12.5 Å². The molecule has 0 saturated carbocycles. The van der Waals surface area contributed by atoms with Crippen LogP contribution < -0.4 is 11.2 Å². The quantitative estimate of drug-likeness (QED) is 0.392. The summed E-state index contributed by atoms with van der Waals surface area (Å²) in [5.41, 5.74) is 0.539. The first-order chi connectivity index (χ1) is 17.2.